The van der Waals surface area contributed by atoms with Gasteiger partial charge in [0.2, 0.25) is 0 Å². The second kappa shape index (κ2) is 7.67. The number of aliphatic hydroxyl groups excluding tert-OH is 1. The molecule has 6 heteroatoms. The maximum atomic E-state index is 12.0. The largest absolute Gasteiger partial charge is 0.384 e. The van der Waals surface area contributed by atoms with Crippen molar-refractivity contribution < 1.29 is 14.1 Å². The smallest absolute Gasteiger partial charge is 0.271 e. The fourth-order valence-corrected chi connectivity index (χ4v) is 2.30. The average molecular weight is 280 g/mol. The molecule has 1 aromatic heterocycles. The molecule has 0 aromatic carbocycles. The monoisotopic (exact) mass is 280 g/mol. The van der Waals surface area contributed by atoms with Gasteiger partial charge < -0.3 is 10.4 Å². The first-order chi connectivity index (χ1) is 9.04. The first kappa shape index (κ1) is 15.3. The molecule has 0 aliphatic carbocycles. The van der Waals surface area contributed by atoms with Gasteiger partial charge in [-0.15, -0.1) is 0 Å². The maximum absolute atomic E-state index is 12.0. The standard InChI is InChI=1S/C13H16N2O3S/c1-10(9-19(2)18)15-13(17)12-11(6-4-8-16)5-3-7-14-12/h3,5,7,10,16H,8-9H2,1-2H3,(H,15,17). The fourth-order valence-electron chi connectivity index (χ4n) is 1.51. The molecule has 19 heavy (non-hydrogen) atoms. The maximum Gasteiger partial charge on any atom is 0.271 e. The zero-order valence-electron chi connectivity index (χ0n) is 10.8. The van der Waals surface area contributed by atoms with Crippen LogP contribution in [0.2, 0.25) is 0 Å². The predicted octanol–water partition coefficient (Wildman–Crippen LogP) is -0.0778. The van der Waals surface area contributed by atoms with E-state index in [9.17, 15) is 9.00 Å². The van der Waals surface area contributed by atoms with E-state index < -0.39 is 10.8 Å². The normalized spacial score (nSPS) is 13.0. The van der Waals surface area contributed by atoms with Crippen molar-refractivity contribution in [1.82, 2.24) is 10.3 Å². The first-order valence-corrected chi connectivity index (χ1v) is 7.43. The third-order valence-corrected chi connectivity index (χ3v) is 3.16. The first-order valence-electron chi connectivity index (χ1n) is 5.70. The van der Waals surface area contributed by atoms with Crippen LogP contribution in [0.4, 0.5) is 0 Å². The number of nitrogens with zero attached hydrogens (tertiary/aromatic N) is 1. The van der Waals surface area contributed by atoms with Gasteiger partial charge in [-0.2, -0.15) is 0 Å². The second-order valence-corrected chi connectivity index (χ2v) is 5.45. The van der Waals surface area contributed by atoms with Gasteiger partial charge >= 0.3 is 0 Å². The summed E-state index contributed by atoms with van der Waals surface area (Å²) in [6, 6.07) is 3.12. The van der Waals surface area contributed by atoms with E-state index in [1.807, 2.05) is 0 Å². The summed E-state index contributed by atoms with van der Waals surface area (Å²) >= 11 is 0. The molecule has 2 unspecified atom stereocenters. The van der Waals surface area contributed by atoms with Gasteiger partial charge in [0, 0.05) is 35.0 Å². The zero-order chi connectivity index (χ0) is 14.3. The number of amides is 1. The van der Waals surface area contributed by atoms with Crippen LogP contribution in [-0.4, -0.2) is 44.9 Å². The lowest BCUT2D eigenvalue weighted by Crippen LogP contribution is -2.37. The molecule has 0 radical (unpaired) electrons. The topological polar surface area (TPSA) is 79.3 Å². The van der Waals surface area contributed by atoms with Gasteiger partial charge in [-0.25, -0.2) is 4.98 Å². The van der Waals surface area contributed by atoms with E-state index in [4.69, 9.17) is 5.11 Å². The minimum absolute atomic E-state index is 0.206. The molecule has 102 valence electrons. The van der Waals surface area contributed by atoms with E-state index in [-0.39, 0.29) is 24.2 Å². The van der Waals surface area contributed by atoms with Crippen LogP contribution >= 0.6 is 0 Å². The lowest BCUT2D eigenvalue weighted by Gasteiger charge is -2.12. The molecule has 1 heterocycles. The second-order valence-electron chi connectivity index (χ2n) is 3.97. The summed E-state index contributed by atoms with van der Waals surface area (Å²) < 4.78 is 11.1. The Morgan fingerprint density at radius 2 is 2.37 bits per heavy atom. The number of hydrogen-bond acceptors (Lipinski definition) is 4. The third kappa shape index (κ3) is 5.20. The number of hydrogen-bond donors (Lipinski definition) is 2. The van der Waals surface area contributed by atoms with Crippen molar-refractivity contribution >= 4 is 16.7 Å². The lowest BCUT2D eigenvalue weighted by molar-refractivity contribution is 0.0938. The highest BCUT2D eigenvalue weighted by atomic mass is 32.2. The van der Waals surface area contributed by atoms with Gasteiger partial charge in [-0.05, 0) is 19.1 Å². The summed E-state index contributed by atoms with van der Waals surface area (Å²) in [4.78, 5) is 16.0. The Balaban J connectivity index is 2.85. The summed E-state index contributed by atoms with van der Waals surface area (Å²) in [5.74, 6) is 5.18. The van der Waals surface area contributed by atoms with Crippen LogP contribution in [-0.2, 0) is 10.8 Å². The van der Waals surface area contributed by atoms with Crippen molar-refractivity contribution in [2.24, 2.45) is 0 Å². The van der Waals surface area contributed by atoms with E-state index >= 15 is 0 Å². The minimum Gasteiger partial charge on any atom is -0.384 e. The number of carbonyl (C=O) groups excluding carboxylic acids is 1. The number of nitrogens with one attached hydrogen (secondary N) is 1. The molecule has 0 spiro atoms. The molecule has 0 saturated carbocycles. The quantitative estimate of drug-likeness (QED) is 0.756. The Morgan fingerprint density at radius 3 is 3.00 bits per heavy atom. The number of rotatable bonds is 4. The molecule has 0 aliphatic heterocycles. The number of carbonyl (C=O) groups is 1. The number of aliphatic hydroxyl groups is 1. The van der Waals surface area contributed by atoms with Crippen LogP contribution in [0, 0.1) is 11.8 Å². The molecule has 5 nitrogen and oxygen atoms in total. The van der Waals surface area contributed by atoms with Gasteiger partial charge in [0.15, 0.2) is 0 Å². The van der Waals surface area contributed by atoms with Crippen molar-refractivity contribution in [3.63, 3.8) is 0 Å². The Bertz CT molecular complexity index is 534. The van der Waals surface area contributed by atoms with Gasteiger partial charge in [-0.3, -0.25) is 9.00 Å². The van der Waals surface area contributed by atoms with E-state index in [2.05, 4.69) is 22.1 Å². The summed E-state index contributed by atoms with van der Waals surface area (Å²) in [6.07, 6.45) is 3.09. The van der Waals surface area contributed by atoms with Crippen molar-refractivity contribution in [2.45, 2.75) is 13.0 Å². The highest BCUT2D eigenvalue weighted by Gasteiger charge is 2.14. The Labute approximate surface area is 114 Å². The van der Waals surface area contributed by atoms with Gasteiger partial charge in [0.25, 0.3) is 5.91 Å². The van der Waals surface area contributed by atoms with Crippen LogP contribution < -0.4 is 5.32 Å². The van der Waals surface area contributed by atoms with Crippen LogP contribution in [0.5, 0.6) is 0 Å². The van der Waals surface area contributed by atoms with Crippen molar-refractivity contribution in [3.8, 4) is 11.8 Å². The van der Waals surface area contributed by atoms with E-state index in [1.54, 1.807) is 25.3 Å². The van der Waals surface area contributed by atoms with Gasteiger partial charge in [0.05, 0.1) is 5.56 Å². The van der Waals surface area contributed by atoms with Crippen LogP contribution in [0.3, 0.4) is 0 Å². The van der Waals surface area contributed by atoms with Crippen molar-refractivity contribution in [2.75, 3.05) is 18.6 Å². The molecule has 1 rings (SSSR count). The van der Waals surface area contributed by atoms with E-state index in [0.717, 1.165) is 0 Å². The molecule has 2 N–H and O–H groups in total. The molecule has 0 fully saturated rings. The highest BCUT2D eigenvalue weighted by Crippen LogP contribution is 2.04. The average Bonchev–Trinajstić information content (AvgIpc) is 2.35. The summed E-state index contributed by atoms with van der Waals surface area (Å²) in [7, 11) is -0.975. The SMILES string of the molecule is CC(CS(C)=O)NC(=O)c1ncccc1C#CCO. The van der Waals surface area contributed by atoms with Crippen molar-refractivity contribution in [1.29, 1.82) is 0 Å². The van der Waals surface area contributed by atoms with Crippen molar-refractivity contribution in [3.05, 3.63) is 29.6 Å². The van der Waals surface area contributed by atoms with Gasteiger partial charge in [-0.1, -0.05) is 11.8 Å². The van der Waals surface area contributed by atoms with Gasteiger partial charge in [0.1, 0.15) is 12.3 Å². The Kier molecular flexibility index (Phi) is 6.19. The third-order valence-electron chi connectivity index (χ3n) is 2.19. The molecular formula is C13H16N2O3S. The zero-order valence-corrected chi connectivity index (χ0v) is 11.7. The summed E-state index contributed by atoms with van der Waals surface area (Å²) in [6.45, 7) is 1.50. The Morgan fingerprint density at radius 1 is 1.63 bits per heavy atom. The molecular weight excluding hydrogens is 264 g/mol. The van der Waals surface area contributed by atoms with Crippen LogP contribution in [0.15, 0.2) is 18.3 Å². The molecule has 1 amide bonds. The van der Waals surface area contributed by atoms with E-state index in [0.29, 0.717) is 11.3 Å². The minimum atomic E-state index is -0.975. The van der Waals surface area contributed by atoms with Crippen LogP contribution in [0.1, 0.15) is 23.0 Å². The molecule has 2 atom stereocenters. The summed E-state index contributed by atoms with van der Waals surface area (Å²) in [5.41, 5.74) is 0.663. The number of pyridine rings is 1. The lowest BCUT2D eigenvalue weighted by atomic mass is 10.2. The van der Waals surface area contributed by atoms with Crippen LogP contribution in [0.25, 0.3) is 0 Å². The molecule has 0 aliphatic rings. The Hall–Kier alpha value is -1.71. The number of aromatic nitrogens is 1. The van der Waals surface area contributed by atoms with E-state index in [1.165, 1.54) is 6.20 Å². The highest BCUT2D eigenvalue weighted by molar-refractivity contribution is 7.84. The fraction of sp³-hybridized carbons (Fsp3) is 0.385. The molecule has 0 saturated heterocycles. The molecule has 0 bridgehead atoms. The molecule has 1 aromatic rings. The predicted molar refractivity (Wildman–Crippen MR) is 74.1 cm³/mol. The summed E-state index contributed by atoms with van der Waals surface area (Å²) in [5, 5.41) is 11.4.